The van der Waals surface area contributed by atoms with Gasteiger partial charge in [-0.15, -0.1) is 0 Å². The summed E-state index contributed by atoms with van der Waals surface area (Å²) in [6.45, 7) is -0.591. The Bertz CT molecular complexity index is 1010. The Kier molecular flexibility index (Phi) is 6.73. The summed E-state index contributed by atoms with van der Waals surface area (Å²) in [4.78, 5) is 12.9. The van der Waals surface area contributed by atoms with E-state index in [1.807, 2.05) is 0 Å². The Balaban J connectivity index is 1.59. The molecule has 0 amide bonds. The number of carbonyl (C=O) groups excluding carboxylic acids is 1. The van der Waals surface area contributed by atoms with Crippen molar-refractivity contribution < 1.29 is 48.9 Å². The lowest BCUT2D eigenvalue weighted by Gasteiger charge is -2.40. The predicted molar refractivity (Wildman–Crippen MR) is 112 cm³/mol. The molecule has 2 aliphatic rings. The average molecular weight is 462 g/mol. The molecule has 6 atom stereocenters. The third kappa shape index (κ3) is 4.35. The van der Waals surface area contributed by atoms with Crippen LogP contribution in [0.15, 0.2) is 36.4 Å². The fraction of sp³-hybridized carbons (Fsp3) is 0.435. The number of methoxy groups -OCH3 is 2. The van der Waals surface area contributed by atoms with Crippen LogP contribution in [0.3, 0.4) is 0 Å². The van der Waals surface area contributed by atoms with Crippen molar-refractivity contribution in [3.05, 3.63) is 53.1 Å². The molecule has 2 aliphatic heterocycles. The van der Waals surface area contributed by atoms with E-state index in [1.54, 1.807) is 30.3 Å². The molecule has 0 unspecified atom stereocenters. The lowest BCUT2D eigenvalue weighted by molar-refractivity contribution is -0.277. The van der Waals surface area contributed by atoms with E-state index in [9.17, 15) is 25.2 Å². The highest BCUT2D eigenvalue weighted by Gasteiger charge is 2.45. The number of ether oxygens (including phenoxy) is 5. The molecule has 1 saturated heterocycles. The first-order valence-corrected chi connectivity index (χ1v) is 10.4. The molecular formula is C23H26O10. The Morgan fingerprint density at radius 1 is 0.970 bits per heavy atom. The second-order valence-corrected chi connectivity index (χ2v) is 7.82. The second-order valence-electron chi connectivity index (χ2n) is 7.82. The van der Waals surface area contributed by atoms with Gasteiger partial charge in [-0.25, -0.2) is 4.79 Å². The molecule has 0 aliphatic carbocycles. The minimum atomic E-state index is -1.60. The maximum atomic E-state index is 12.9. The summed E-state index contributed by atoms with van der Waals surface area (Å²) < 4.78 is 27.3. The molecule has 2 aromatic carbocycles. The first-order chi connectivity index (χ1) is 15.9. The predicted octanol–water partition coefficient (Wildman–Crippen LogP) is 0.337. The molecule has 1 fully saturated rings. The number of hydrogen-bond donors (Lipinski definition) is 4. The summed E-state index contributed by atoms with van der Waals surface area (Å²) in [5.74, 6) is 0.527. The summed E-state index contributed by atoms with van der Waals surface area (Å²) >= 11 is 0. The zero-order chi connectivity index (χ0) is 23.7. The van der Waals surface area contributed by atoms with E-state index in [-0.39, 0.29) is 11.3 Å². The quantitative estimate of drug-likeness (QED) is 0.444. The summed E-state index contributed by atoms with van der Waals surface area (Å²) in [5.41, 5.74) is 1.56. The Hall–Kier alpha value is -2.89. The van der Waals surface area contributed by atoms with E-state index in [4.69, 9.17) is 23.7 Å². The lowest BCUT2D eigenvalue weighted by Crippen LogP contribution is -2.60. The van der Waals surface area contributed by atoms with Crippen molar-refractivity contribution >= 4 is 5.97 Å². The SMILES string of the molecule is COc1ccc([C@H]2Cc3cccc(O[C@@H]4O[C@H](CO)[C@@H](O)[C@H](O)[C@H]4O)c3C(=O)O2)cc1OC. The lowest BCUT2D eigenvalue weighted by atomic mass is 9.93. The van der Waals surface area contributed by atoms with Gasteiger partial charge in [0.1, 0.15) is 41.8 Å². The normalized spacial score (nSPS) is 29.1. The number of hydrogen-bond acceptors (Lipinski definition) is 10. The summed E-state index contributed by atoms with van der Waals surface area (Å²) in [7, 11) is 3.05. The number of carbonyl (C=O) groups is 1. The number of fused-ring (bicyclic) bond motifs is 1. The topological polar surface area (TPSA) is 144 Å². The molecule has 0 bridgehead atoms. The van der Waals surface area contributed by atoms with Gasteiger partial charge in [-0.3, -0.25) is 0 Å². The van der Waals surface area contributed by atoms with Crippen molar-refractivity contribution in [3.8, 4) is 17.2 Å². The van der Waals surface area contributed by atoms with E-state index in [1.165, 1.54) is 20.3 Å². The van der Waals surface area contributed by atoms with Crippen LogP contribution in [-0.4, -0.2) is 77.9 Å². The minimum absolute atomic E-state index is 0.0904. The van der Waals surface area contributed by atoms with Crippen LogP contribution in [0.4, 0.5) is 0 Å². The van der Waals surface area contributed by atoms with Gasteiger partial charge in [-0.05, 0) is 29.3 Å². The van der Waals surface area contributed by atoms with Gasteiger partial charge in [0, 0.05) is 6.42 Å². The monoisotopic (exact) mass is 462 g/mol. The number of rotatable bonds is 6. The summed E-state index contributed by atoms with van der Waals surface area (Å²) in [6, 6.07) is 10.2. The first kappa shape index (κ1) is 23.3. The van der Waals surface area contributed by atoms with Crippen LogP contribution < -0.4 is 14.2 Å². The van der Waals surface area contributed by atoms with Crippen LogP contribution in [0.2, 0.25) is 0 Å². The molecule has 4 N–H and O–H groups in total. The van der Waals surface area contributed by atoms with E-state index in [2.05, 4.69) is 0 Å². The number of esters is 1. The molecule has 4 rings (SSSR count). The molecule has 2 aromatic rings. The van der Waals surface area contributed by atoms with Crippen LogP contribution in [-0.2, 0) is 15.9 Å². The van der Waals surface area contributed by atoms with E-state index in [0.717, 1.165) is 5.56 Å². The van der Waals surface area contributed by atoms with Crippen LogP contribution in [0.1, 0.15) is 27.6 Å². The van der Waals surface area contributed by atoms with Crippen LogP contribution in [0.5, 0.6) is 17.2 Å². The van der Waals surface area contributed by atoms with Crippen molar-refractivity contribution in [3.63, 3.8) is 0 Å². The van der Waals surface area contributed by atoms with Gasteiger partial charge < -0.3 is 44.1 Å². The molecule has 10 heteroatoms. The number of cyclic esters (lactones) is 1. The third-order valence-electron chi connectivity index (χ3n) is 5.84. The van der Waals surface area contributed by atoms with E-state index in [0.29, 0.717) is 23.5 Å². The summed E-state index contributed by atoms with van der Waals surface area (Å²) in [6.07, 6.45) is -7.45. The van der Waals surface area contributed by atoms with Crippen molar-refractivity contribution in [1.29, 1.82) is 0 Å². The molecule has 0 aromatic heterocycles. The van der Waals surface area contributed by atoms with Gasteiger partial charge in [-0.1, -0.05) is 18.2 Å². The highest BCUT2D eigenvalue weighted by molar-refractivity contribution is 5.95. The van der Waals surface area contributed by atoms with Crippen LogP contribution >= 0.6 is 0 Å². The minimum Gasteiger partial charge on any atom is -0.493 e. The van der Waals surface area contributed by atoms with Crippen LogP contribution in [0, 0.1) is 0 Å². The Labute approximate surface area is 189 Å². The molecule has 178 valence electrons. The Morgan fingerprint density at radius 3 is 2.42 bits per heavy atom. The van der Waals surface area contributed by atoms with Gasteiger partial charge in [0.15, 0.2) is 11.5 Å². The van der Waals surface area contributed by atoms with Crippen molar-refractivity contribution in [2.75, 3.05) is 20.8 Å². The molecular weight excluding hydrogens is 436 g/mol. The molecule has 2 heterocycles. The Morgan fingerprint density at radius 2 is 1.73 bits per heavy atom. The maximum Gasteiger partial charge on any atom is 0.342 e. The van der Waals surface area contributed by atoms with E-state index < -0.39 is 49.4 Å². The highest BCUT2D eigenvalue weighted by Crippen LogP contribution is 2.38. The summed E-state index contributed by atoms with van der Waals surface area (Å²) in [5, 5.41) is 39.6. The smallest absolute Gasteiger partial charge is 0.342 e. The average Bonchev–Trinajstić information content (AvgIpc) is 2.83. The van der Waals surface area contributed by atoms with Gasteiger partial charge in [0.2, 0.25) is 6.29 Å². The van der Waals surface area contributed by atoms with Gasteiger partial charge >= 0.3 is 5.97 Å². The molecule has 33 heavy (non-hydrogen) atoms. The zero-order valence-corrected chi connectivity index (χ0v) is 18.1. The van der Waals surface area contributed by atoms with Gasteiger partial charge in [-0.2, -0.15) is 0 Å². The highest BCUT2D eigenvalue weighted by atomic mass is 16.7. The molecule has 10 nitrogen and oxygen atoms in total. The molecule has 0 spiro atoms. The first-order valence-electron chi connectivity index (χ1n) is 10.4. The maximum absolute atomic E-state index is 12.9. The van der Waals surface area contributed by atoms with E-state index >= 15 is 0 Å². The number of aliphatic hydroxyl groups is 4. The zero-order valence-electron chi connectivity index (χ0n) is 18.1. The van der Waals surface area contributed by atoms with Crippen molar-refractivity contribution in [2.24, 2.45) is 0 Å². The fourth-order valence-corrected chi connectivity index (χ4v) is 4.03. The van der Waals surface area contributed by atoms with Crippen LogP contribution in [0.25, 0.3) is 0 Å². The second kappa shape index (κ2) is 9.54. The molecule has 0 saturated carbocycles. The largest absolute Gasteiger partial charge is 0.493 e. The van der Waals surface area contributed by atoms with Gasteiger partial charge in [0.05, 0.1) is 20.8 Å². The number of benzene rings is 2. The van der Waals surface area contributed by atoms with Gasteiger partial charge in [0.25, 0.3) is 0 Å². The number of aliphatic hydroxyl groups excluding tert-OH is 4. The fourth-order valence-electron chi connectivity index (χ4n) is 4.03. The van der Waals surface area contributed by atoms with Crippen molar-refractivity contribution in [2.45, 2.75) is 43.2 Å². The van der Waals surface area contributed by atoms with Crippen molar-refractivity contribution in [1.82, 2.24) is 0 Å². The molecule has 0 radical (unpaired) electrons. The third-order valence-corrected chi connectivity index (χ3v) is 5.84. The standard InChI is InChI=1S/C23H26O10/c1-29-13-7-6-11(8-16(13)30-2)15-9-12-4-3-5-14(18(12)22(28)31-15)32-23-21(27)20(26)19(25)17(10-24)33-23/h3-8,15,17,19-21,23-27H,9-10H2,1-2H3/t15-,17-,19-,20+,21-,23-/m1/s1.